The Kier molecular flexibility index (Phi) is 14.8. The largest absolute Gasteiger partial charge is 0.505 e. The molecule has 1 saturated heterocycles. The van der Waals surface area contributed by atoms with Crippen molar-refractivity contribution in [2.75, 3.05) is 19.8 Å². The highest BCUT2D eigenvalue weighted by molar-refractivity contribution is 6.99. The van der Waals surface area contributed by atoms with Crippen molar-refractivity contribution in [3.63, 3.8) is 0 Å². The summed E-state index contributed by atoms with van der Waals surface area (Å²) in [6, 6.07) is 24.6. The molecule has 5 rings (SSSR count). The summed E-state index contributed by atoms with van der Waals surface area (Å²) in [7, 11) is -3.08. The highest BCUT2D eigenvalue weighted by atomic mass is 28.4. The van der Waals surface area contributed by atoms with Crippen LogP contribution in [0.25, 0.3) is 6.08 Å². The molecular weight excluding hydrogens is 742 g/mol. The second kappa shape index (κ2) is 19.3. The molecular formula is C46H58FNO8Si. The summed E-state index contributed by atoms with van der Waals surface area (Å²) >= 11 is 0. The van der Waals surface area contributed by atoms with Gasteiger partial charge in [-0.25, -0.2) is 4.39 Å². The molecule has 1 aliphatic heterocycles. The summed E-state index contributed by atoms with van der Waals surface area (Å²) in [5.74, 6) is -5.14. The van der Waals surface area contributed by atoms with Crippen LogP contribution in [-0.2, 0) is 18.8 Å². The lowest BCUT2D eigenvalue weighted by Gasteiger charge is -2.44. The van der Waals surface area contributed by atoms with Crippen LogP contribution in [0.1, 0.15) is 91.0 Å². The number of carbonyl (C=O) groups excluding carboxylic acids is 2. The van der Waals surface area contributed by atoms with E-state index in [0.29, 0.717) is 48.8 Å². The number of phenolic OH excluding ortho intramolecular Hbond substituents is 1. The average Bonchev–Trinajstić information content (AvgIpc) is 3.42. The Hall–Kier alpha value is -4.42. The van der Waals surface area contributed by atoms with Crippen LogP contribution < -0.4 is 10.4 Å². The molecule has 306 valence electrons. The fourth-order valence-electron chi connectivity index (χ4n) is 8.97. The molecule has 0 spiro atoms. The van der Waals surface area contributed by atoms with Crippen LogP contribution in [-0.4, -0.2) is 77.3 Å². The van der Waals surface area contributed by atoms with Crippen molar-refractivity contribution in [3.8, 4) is 5.75 Å². The number of unbranched alkanes of at least 4 members (excludes halogenated alkanes) is 2. The number of aliphatic carboxylic acids is 1. The first-order chi connectivity index (χ1) is 27.2. The number of carboxylic acids is 1. The number of carbonyl (C=O) groups is 3. The molecule has 1 heterocycles. The van der Waals surface area contributed by atoms with Crippen LogP contribution in [0.2, 0.25) is 5.04 Å². The van der Waals surface area contributed by atoms with E-state index < -0.39 is 56.3 Å². The second-order valence-corrected chi connectivity index (χ2v) is 20.8. The van der Waals surface area contributed by atoms with E-state index in [-0.39, 0.29) is 49.3 Å². The third-order valence-corrected chi connectivity index (χ3v) is 16.6. The van der Waals surface area contributed by atoms with Crippen molar-refractivity contribution in [2.45, 2.75) is 96.6 Å². The van der Waals surface area contributed by atoms with Crippen molar-refractivity contribution >= 4 is 42.6 Å². The maximum Gasteiger partial charge on any atom is 0.303 e. The minimum absolute atomic E-state index is 0.0145. The van der Waals surface area contributed by atoms with Gasteiger partial charge in [-0.05, 0) is 82.8 Å². The highest BCUT2D eigenvalue weighted by Crippen LogP contribution is 2.47. The van der Waals surface area contributed by atoms with Crippen LogP contribution >= 0.6 is 0 Å². The molecule has 4 N–H and O–H groups in total. The molecule has 0 radical (unpaired) electrons. The van der Waals surface area contributed by atoms with E-state index >= 15 is 0 Å². The van der Waals surface area contributed by atoms with Crippen LogP contribution in [0.5, 0.6) is 5.75 Å². The predicted molar refractivity (Wildman–Crippen MR) is 222 cm³/mol. The number of aliphatic hydroxyl groups is 2. The van der Waals surface area contributed by atoms with Gasteiger partial charge >= 0.3 is 5.97 Å². The molecule has 57 heavy (non-hydrogen) atoms. The highest BCUT2D eigenvalue weighted by Gasteiger charge is 2.56. The van der Waals surface area contributed by atoms with Crippen LogP contribution in [0.3, 0.4) is 0 Å². The summed E-state index contributed by atoms with van der Waals surface area (Å²) in [4.78, 5) is 40.5. The number of hydrogen-bond donors (Lipinski definition) is 4. The number of hydrogen-bond acceptors (Lipinski definition) is 7. The number of nitrogens with zero attached hydrogens (tertiary/aromatic N) is 1. The minimum atomic E-state index is -3.08. The van der Waals surface area contributed by atoms with E-state index in [0.717, 1.165) is 22.4 Å². The summed E-state index contributed by atoms with van der Waals surface area (Å²) in [6.07, 6.45) is 4.67. The molecule has 2 aliphatic rings. The van der Waals surface area contributed by atoms with Crippen LogP contribution in [0.15, 0.2) is 95.6 Å². The van der Waals surface area contributed by atoms with Gasteiger partial charge in [0.05, 0.1) is 31.2 Å². The van der Waals surface area contributed by atoms with E-state index in [1.54, 1.807) is 6.07 Å². The Morgan fingerprint density at radius 3 is 2.16 bits per heavy atom. The van der Waals surface area contributed by atoms with Crippen LogP contribution in [0, 0.1) is 23.6 Å². The quantitative estimate of drug-likeness (QED) is 0.0440. The van der Waals surface area contributed by atoms with Gasteiger partial charge in [-0.3, -0.25) is 19.3 Å². The van der Waals surface area contributed by atoms with E-state index in [1.165, 1.54) is 17.0 Å². The lowest BCUT2D eigenvalue weighted by molar-refractivity contribution is -0.141. The normalized spacial score (nSPS) is 19.6. The fraction of sp³-hybridized carbons (Fsp3) is 0.457. The van der Waals surface area contributed by atoms with Gasteiger partial charge in [0.25, 0.3) is 8.32 Å². The first-order valence-electron chi connectivity index (χ1n) is 20.2. The number of fused-ring (bicyclic) bond motifs is 1. The molecule has 0 aromatic heterocycles. The Labute approximate surface area is 337 Å². The number of halogens is 1. The molecule has 11 heteroatoms. The number of amides is 2. The predicted octanol–water partition coefficient (Wildman–Crippen LogP) is 6.99. The number of likely N-dealkylation sites (tertiary alicyclic amines) is 1. The average molecular weight is 800 g/mol. The second-order valence-electron chi connectivity index (χ2n) is 16.5. The van der Waals surface area contributed by atoms with Crippen molar-refractivity contribution in [1.82, 2.24) is 4.90 Å². The summed E-state index contributed by atoms with van der Waals surface area (Å²) in [6.45, 7) is 8.35. The molecule has 3 aromatic carbocycles. The zero-order valence-corrected chi connectivity index (χ0v) is 34.6. The van der Waals surface area contributed by atoms with Crippen LogP contribution in [0.4, 0.5) is 4.39 Å². The number of aromatic hydroxyl groups is 1. The van der Waals surface area contributed by atoms with E-state index in [1.807, 2.05) is 49.4 Å². The number of rotatable bonds is 19. The standard InChI is InChI=1S/C46H58FNO8Si/c1-5-15-31(26-32-22-23-39(50)38(47)27-32)21-24-40(51)42-33(28-36-43(37(42)29-49)45(55)48(44(36)54)25-14-8-13-20-41(52)53)30-56-57(46(2,3)4,34-16-9-6-10-17-34)35-18-11-7-12-19-35/h6-7,9-12,16-19,22-23,26-27,36-37,40,43,49-51H,5,8,13-15,20-21,24-25,28-30H2,1-4H3,(H,52,53)/b31-26+/t36-,37+,40-,43-/m1/s1. The first kappa shape index (κ1) is 43.7. The van der Waals surface area contributed by atoms with Gasteiger partial charge in [0, 0.05) is 18.9 Å². The van der Waals surface area contributed by atoms with Gasteiger partial charge in [-0.1, -0.05) is 119 Å². The molecule has 0 bridgehead atoms. The van der Waals surface area contributed by atoms with E-state index in [4.69, 9.17) is 9.53 Å². The van der Waals surface area contributed by atoms with Gasteiger partial charge in [0.15, 0.2) is 11.6 Å². The maximum absolute atomic E-state index is 14.2. The Morgan fingerprint density at radius 1 is 0.947 bits per heavy atom. The SMILES string of the molecule is CCC/C(=C\c1ccc(O)c(F)c1)CC[C@@H](O)C1=C(CO[Si](c2ccccc2)(c2ccccc2)C(C)(C)C)C[C@H]2C(=O)N(CCCCCC(=O)O)C(=O)[C@H]2[C@H]1CO. The van der Waals surface area contributed by atoms with Gasteiger partial charge < -0.3 is 24.9 Å². The van der Waals surface area contributed by atoms with Gasteiger partial charge in [0.1, 0.15) is 0 Å². The van der Waals surface area contributed by atoms with Crippen molar-refractivity contribution in [3.05, 3.63) is 107 Å². The minimum Gasteiger partial charge on any atom is -0.505 e. The Balaban J connectivity index is 1.54. The molecule has 3 aromatic rings. The summed E-state index contributed by atoms with van der Waals surface area (Å²) in [5, 5.41) is 43.9. The Morgan fingerprint density at radius 2 is 1.60 bits per heavy atom. The number of allylic oxidation sites excluding steroid dienone is 1. The lowest BCUT2D eigenvalue weighted by atomic mass is 9.68. The van der Waals surface area contributed by atoms with Crippen molar-refractivity contribution < 1.29 is 43.6 Å². The molecule has 0 unspecified atom stereocenters. The molecule has 1 fully saturated rings. The van der Waals surface area contributed by atoms with Crippen molar-refractivity contribution in [2.24, 2.45) is 17.8 Å². The molecule has 0 saturated carbocycles. The summed E-state index contributed by atoms with van der Waals surface area (Å²) in [5.41, 5.74) is 2.81. The smallest absolute Gasteiger partial charge is 0.303 e. The molecule has 9 nitrogen and oxygen atoms in total. The zero-order valence-electron chi connectivity index (χ0n) is 33.6. The third-order valence-electron chi connectivity index (χ3n) is 11.6. The topological polar surface area (TPSA) is 145 Å². The molecule has 4 atom stereocenters. The number of carboxylic acid groups (broad SMARTS) is 1. The van der Waals surface area contributed by atoms with Crippen molar-refractivity contribution in [1.29, 1.82) is 0 Å². The zero-order chi connectivity index (χ0) is 41.3. The Bertz CT molecular complexity index is 1890. The van der Waals surface area contributed by atoms with Gasteiger partial charge in [-0.2, -0.15) is 0 Å². The van der Waals surface area contributed by atoms with Gasteiger partial charge in [-0.15, -0.1) is 0 Å². The number of benzene rings is 3. The fourth-order valence-corrected chi connectivity index (χ4v) is 13.5. The maximum atomic E-state index is 14.2. The molecule has 2 amide bonds. The lowest BCUT2D eigenvalue weighted by Crippen LogP contribution is -2.66. The third kappa shape index (κ3) is 9.83. The number of imide groups is 1. The van der Waals surface area contributed by atoms with E-state index in [2.05, 4.69) is 45.0 Å². The number of phenols is 1. The molecule has 1 aliphatic carbocycles. The summed E-state index contributed by atoms with van der Waals surface area (Å²) < 4.78 is 21.6. The number of aliphatic hydroxyl groups excluding tert-OH is 2. The van der Waals surface area contributed by atoms with E-state index in [9.17, 15) is 34.1 Å². The van der Waals surface area contributed by atoms with Gasteiger partial charge in [0.2, 0.25) is 11.8 Å². The first-order valence-corrected chi connectivity index (χ1v) is 22.1. The monoisotopic (exact) mass is 799 g/mol.